The lowest BCUT2D eigenvalue weighted by Crippen LogP contribution is -2.31. The zero-order valence-electron chi connectivity index (χ0n) is 12.3. The molecular formula is C15H22N4O2. The fraction of sp³-hybridized carbons (Fsp3) is 0.467. The Morgan fingerprint density at radius 1 is 1.43 bits per heavy atom. The van der Waals surface area contributed by atoms with Gasteiger partial charge in [-0.3, -0.25) is 9.59 Å². The number of aryl methyl sites for hydroxylation is 1. The van der Waals surface area contributed by atoms with Gasteiger partial charge in [0, 0.05) is 50.4 Å². The highest BCUT2D eigenvalue weighted by Gasteiger charge is 2.14. The largest absolute Gasteiger partial charge is 0.399 e. The van der Waals surface area contributed by atoms with Gasteiger partial charge in [0.05, 0.1) is 0 Å². The molecule has 1 fully saturated rings. The summed E-state index contributed by atoms with van der Waals surface area (Å²) in [5, 5.41) is 5.71. The maximum atomic E-state index is 12.0. The van der Waals surface area contributed by atoms with Crippen LogP contribution in [0.2, 0.25) is 0 Å². The predicted octanol–water partition coefficient (Wildman–Crippen LogP) is 0.728. The van der Waals surface area contributed by atoms with Gasteiger partial charge in [0.1, 0.15) is 0 Å². The van der Waals surface area contributed by atoms with E-state index in [0.717, 1.165) is 17.8 Å². The van der Waals surface area contributed by atoms with Gasteiger partial charge in [0.2, 0.25) is 11.8 Å². The van der Waals surface area contributed by atoms with E-state index < -0.39 is 0 Å². The first-order valence-corrected chi connectivity index (χ1v) is 7.19. The summed E-state index contributed by atoms with van der Waals surface area (Å²) in [5.74, 6) is 0.0459. The van der Waals surface area contributed by atoms with Gasteiger partial charge in [-0.1, -0.05) is 6.07 Å². The van der Waals surface area contributed by atoms with Crippen LogP contribution >= 0.6 is 0 Å². The van der Waals surface area contributed by atoms with E-state index >= 15 is 0 Å². The number of nitrogens with two attached hydrogens (primary N) is 1. The lowest BCUT2D eigenvalue weighted by Gasteiger charge is -2.18. The number of nitrogens with one attached hydrogen (secondary N) is 2. The number of nitrogens with zero attached hydrogens (tertiary/aromatic N) is 1. The number of nitrogen functional groups attached to an aromatic ring is 1. The summed E-state index contributed by atoms with van der Waals surface area (Å²) < 4.78 is 0. The first-order valence-electron chi connectivity index (χ1n) is 7.19. The standard InChI is InChI=1S/C15H22N4O2/c1-11-2-3-12(16)10-13(11)18-15(21)5-8-19-7-4-14(20)17-6-9-19/h2-3,10H,4-9,16H2,1H3,(H,17,20)(H,18,21). The minimum Gasteiger partial charge on any atom is -0.399 e. The highest BCUT2D eigenvalue weighted by Crippen LogP contribution is 2.18. The van der Waals surface area contributed by atoms with E-state index in [1.807, 2.05) is 19.1 Å². The Labute approximate surface area is 124 Å². The average molecular weight is 290 g/mol. The van der Waals surface area contributed by atoms with Crippen molar-refractivity contribution in [3.8, 4) is 0 Å². The highest BCUT2D eigenvalue weighted by molar-refractivity contribution is 5.92. The number of anilines is 2. The highest BCUT2D eigenvalue weighted by atomic mass is 16.2. The van der Waals surface area contributed by atoms with Gasteiger partial charge in [0.25, 0.3) is 0 Å². The van der Waals surface area contributed by atoms with Crippen molar-refractivity contribution in [3.63, 3.8) is 0 Å². The molecule has 0 spiro atoms. The molecule has 1 aromatic carbocycles. The molecule has 1 saturated heterocycles. The average Bonchev–Trinajstić information content (AvgIpc) is 2.65. The van der Waals surface area contributed by atoms with E-state index in [0.29, 0.717) is 38.2 Å². The molecule has 1 heterocycles. The minimum absolute atomic E-state index is 0.0350. The van der Waals surface area contributed by atoms with E-state index in [1.54, 1.807) is 6.07 Å². The Bertz CT molecular complexity index is 530. The van der Waals surface area contributed by atoms with E-state index in [9.17, 15) is 9.59 Å². The molecule has 0 saturated carbocycles. The van der Waals surface area contributed by atoms with Crippen LogP contribution in [0.3, 0.4) is 0 Å². The normalized spacial score (nSPS) is 16.1. The van der Waals surface area contributed by atoms with Crippen LogP contribution in [0.25, 0.3) is 0 Å². The van der Waals surface area contributed by atoms with Crippen LogP contribution in [0.1, 0.15) is 18.4 Å². The Morgan fingerprint density at radius 2 is 2.24 bits per heavy atom. The summed E-state index contributed by atoms with van der Waals surface area (Å²) in [7, 11) is 0. The Hall–Kier alpha value is -2.08. The first kappa shape index (κ1) is 15.3. The van der Waals surface area contributed by atoms with Crippen molar-refractivity contribution < 1.29 is 9.59 Å². The molecule has 6 nitrogen and oxygen atoms in total. The van der Waals surface area contributed by atoms with Crippen LogP contribution in [0.5, 0.6) is 0 Å². The SMILES string of the molecule is Cc1ccc(N)cc1NC(=O)CCN1CCNC(=O)CC1. The van der Waals surface area contributed by atoms with Gasteiger partial charge >= 0.3 is 0 Å². The molecule has 21 heavy (non-hydrogen) atoms. The number of carbonyl (C=O) groups excluding carboxylic acids is 2. The van der Waals surface area contributed by atoms with E-state index in [1.165, 1.54) is 0 Å². The molecule has 0 atom stereocenters. The second-order valence-electron chi connectivity index (χ2n) is 5.31. The third-order valence-corrected chi connectivity index (χ3v) is 3.60. The van der Waals surface area contributed by atoms with Gasteiger partial charge in [-0.2, -0.15) is 0 Å². The lowest BCUT2D eigenvalue weighted by molar-refractivity contribution is -0.120. The molecule has 0 bridgehead atoms. The van der Waals surface area contributed by atoms with Crippen molar-refractivity contribution in [1.29, 1.82) is 0 Å². The third kappa shape index (κ3) is 4.75. The van der Waals surface area contributed by atoms with Crippen molar-refractivity contribution in [2.45, 2.75) is 19.8 Å². The van der Waals surface area contributed by atoms with Gasteiger partial charge in [0.15, 0.2) is 0 Å². The topological polar surface area (TPSA) is 87.5 Å². The van der Waals surface area contributed by atoms with Crippen LogP contribution in [0.15, 0.2) is 18.2 Å². The predicted molar refractivity (Wildman–Crippen MR) is 82.9 cm³/mol. The first-order chi connectivity index (χ1) is 10.0. The van der Waals surface area contributed by atoms with Crippen LogP contribution in [-0.4, -0.2) is 42.9 Å². The zero-order valence-corrected chi connectivity index (χ0v) is 12.3. The van der Waals surface area contributed by atoms with E-state index in [2.05, 4.69) is 15.5 Å². The summed E-state index contributed by atoms with van der Waals surface area (Å²) in [6.45, 7) is 4.73. The van der Waals surface area contributed by atoms with Gasteiger partial charge in [-0.05, 0) is 24.6 Å². The van der Waals surface area contributed by atoms with Gasteiger partial charge in [-0.15, -0.1) is 0 Å². The number of benzene rings is 1. The van der Waals surface area contributed by atoms with Gasteiger partial charge in [-0.25, -0.2) is 0 Å². The monoisotopic (exact) mass is 290 g/mol. The molecule has 1 aliphatic heterocycles. The zero-order chi connectivity index (χ0) is 15.2. The molecule has 0 radical (unpaired) electrons. The van der Waals surface area contributed by atoms with Crippen molar-refractivity contribution in [2.24, 2.45) is 0 Å². The third-order valence-electron chi connectivity index (χ3n) is 3.60. The molecule has 114 valence electrons. The molecule has 4 N–H and O–H groups in total. The molecule has 0 aromatic heterocycles. The number of rotatable bonds is 4. The molecule has 0 unspecified atom stereocenters. The molecule has 1 aromatic rings. The molecule has 2 amide bonds. The Kier molecular flexibility index (Phi) is 5.16. The van der Waals surface area contributed by atoms with Gasteiger partial charge < -0.3 is 21.3 Å². The van der Waals surface area contributed by atoms with Crippen molar-refractivity contribution in [1.82, 2.24) is 10.2 Å². The maximum Gasteiger partial charge on any atom is 0.225 e. The van der Waals surface area contributed by atoms with E-state index in [-0.39, 0.29) is 11.8 Å². The lowest BCUT2D eigenvalue weighted by atomic mass is 10.2. The number of carbonyl (C=O) groups is 2. The Balaban J connectivity index is 1.82. The molecule has 1 aliphatic rings. The quantitative estimate of drug-likeness (QED) is 0.713. The molecular weight excluding hydrogens is 268 g/mol. The van der Waals surface area contributed by atoms with Crippen molar-refractivity contribution in [2.75, 3.05) is 37.2 Å². The van der Waals surface area contributed by atoms with Crippen molar-refractivity contribution >= 4 is 23.2 Å². The van der Waals surface area contributed by atoms with Crippen LogP contribution < -0.4 is 16.4 Å². The summed E-state index contributed by atoms with van der Waals surface area (Å²) in [6.07, 6.45) is 0.901. The summed E-state index contributed by atoms with van der Waals surface area (Å²) in [4.78, 5) is 25.4. The maximum absolute atomic E-state index is 12.0. The Morgan fingerprint density at radius 3 is 3.05 bits per heavy atom. The number of hydrogen-bond donors (Lipinski definition) is 3. The van der Waals surface area contributed by atoms with Crippen LogP contribution in [-0.2, 0) is 9.59 Å². The van der Waals surface area contributed by atoms with Crippen LogP contribution in [0.4, 0.5) is 11.4 Å². The summed E-state index contributed by atoms with van der Waals surface area (Å²) in [5.41, 5.74) is 8.10. The second kappa shape index (κ2) is 7.08. The summed E-state index contributed by atoms with van der Waals surface area (Å²) >= 11 is 0. The molecule has 6 heteroatoms. The number of amides is 2. The van der Waals surface area contributed by atoms with E-state index in [4.69, 9.17) is 5.73 Å². The summed E-state index contributed by atoms with van der Waals surface area (Å²) in [6, 6.07) is 5.46. The fourth-order valence-corrected chi connectivity index (χ4v) is 2.28. The second-order valence-corrected chi connectivity index (χ2v) is 5.31. The minimum atomic E-state index is -0.0350. The van der Waals surface area contributed by atoms with Crippen molar-refractivity contribution in [3.05, 3.63) is 23.8 Å². The number of hydrogen-bond acceptors (Lipinski definition) is 4. The molecule has 2 rings (SSSR count). The molecule has 0 aliphatic carbocycles. The van der Waals surface area contributed by atoms with Crippen LogP contribution in [0, 0.1) is 6.92 Å². The smallest absolute Gasteiger partial charge is 0.225 e. The fourth-order valence-electron chi connectivity index (χ4n) is 2.28.